The van der Waals surface area contributed by atoms with Crippen molar-refractivity contribution < 1.29 is 9.53 Å². The average molecular weight is 498 g/mol. The van der Waals surface area contributed by atoms with E-state index in [1.165, 1.54) is 5.56 Å². The van der Waals surface area contributed by atoms with Gasteiger partial charge in [0.25, 0.3) is 5.91 Å². The highest BCUT2D eigenvalue weighted by atomic mass is 16.5. The van der Waals surface area contributed by atoms with Gasteiger partial charge in [-0.15, -0.1) is 0 Å². The largest absolute Gasteiger partial charge is 0.497 e. The molecule has 1 saturated heterocycles. The summed E-state index contributed by atoms with van der Waals surface area (Å²) >= 11 is 0. The first kappa shape index (κ1) is 25.0. The molecule has 1 amide bonds. The third-order valence-electron chi connectivity index (χ3n) is 6.99. The van der Waals surface area contributed by atoms with Crippen molar-refractivity contribution in [2.45, 2.75) is 51.6 Å². The van der Waals surface area contributed by atoms with Crippen molar-refractivity contribution >= 4 is 11.6 Å². The van der Waals surface area contributed by atoms with Gasteiger partial charge in [0, 0.05) is 42.7 Å². The van der Waals surface area contributed by atoms with Gasteiger partial charge in [-0.05, 0) is 48.7 Å². The standard InChI is InChI=1S/C30H35N5O2/c1-30(2,3)27-19-28-32-25(22-10-12-24(37-4)13-11-22)18-26(35(28)33-27)29(36)31-23-14-16-34(17-15-23)20-21-8-6-5-7-9-21/h5-13,18-19,23H,14-17,20H2,1-4H3,(H,31,36). The van der Waals surface area contributed by atoms with Crippen molar-refractivity contribution in [3.05, 3.63) is 83.7 Å². The number of fused-ring (bicyclic) bond motifs is 1. The molecular weight excluding hydrogens is 462 g/mol. The van der Waals surface area contributed by atoms with E-state index in [2.05, 4.69) is 55.3 Å². The molecule has 0 atom stereocenters. The first-order chi connectivity index (χ1) is 17.8. The van der Waals surface area contributed by atoms with Crippen LogP contribution >= 0.6 is 0 Å². The summed E-state index contributed by atoms with van der Waals surface area (Å²) in [5.74, 6) is 0.660. The fourth-order valence-electron chi connectivity index (χ4n) is 4.75. The van der Waals surface area contributed by atoms with Gasteiger partial charge in [-0.1, -0.05) is 51.1 Å². The second-order valence-corrected chi connectivity index (χ2v) is 10.8. The van der Waals surface area contributed by atoms with Gasteiger partial charge in [0.05, 0.1) is 18.5 Å². The van der Waals surface area contributed by atoms with Crippen LogP contribution in [0, 0.1) is 0 Å². The molecular formula is C30H35N5O2. The lowest BCUT2D eigenvalue weighted by molar-refractivity contribution is 0.0901. The summed E-state index contributed by atoms with van der Waals surface area (Å²) in [5.41, 5.74) is 4.88. The van der Waals surface area contributed by atoms with Crippen molar-refractivity contribution in [2.24, 2.45) is 0 Å². The van der Waals surface area contributed by atoms with Crippen molar-refractivity contribution in [1.82, 2.24) is 24.8 Å². The van der Waals surface area contributed by atoms with Gasteiger partial charge < -0.3 is 10.1 Å². The summed E-state index contributed by atoms with van der Waals surface area (Å²) in [7, 11) is 1.65. The normalized spacial score (nSPS) is 15.1. The molecule has 7 heteroatoms. The summed E-state index contributed by atoms with van der Waals surface area (Å²) in [6.07, 6.45) is 1.84. The summed E-state index contributed by atoms with van der Waals surface area (Å²) in [6, 6.07) is 22.2. The number of likely N-dealkylation sites (tertiary alicyclic amines) is 1. The number of ether oxygens (including phenoxy) is 1. The quantitative estimate of drug-likeness (QED) is 0.401. The van der Waals surface area contributed by atoms with E-state index in [1.807, 2.05) is 42.5 Å². The molecule has 7 nitrogen and oxygen atoms in total. The van der Waals surface area contributed by atoms with E-state index >= 15 is 0 Å². The van der Waals surface area contributed by atoms with Crippen molar-refractivity contribution in [2.75, 3.05) is 20.2 Å². The molecule has 2 aromatic carbocycles. The van der Waals surface area contributed by atoms with Gasteiger partial charge in [0.1, 0.15) is 11.4 Å². The van der Waals surface area contributed by atoms with E-state index in [-0.39, 0.29) is 17.4 Å². The van der Waals surface area contributed by atoms with Gasteiger partial charge in [-0.3, -0.25) is 9.69 Å². The zero-order valence-electron chi connectivity index (χ0n) is 22.1. The molecule has 0 bridgehead atoms. The monoisotopic (exact) mass is 497 g/mol. The van der Waals surface area contributed by atoms with E-state index in [0.717, 1.165) is 55.2 Å². The summed E-state index contributed by atoms with van der Waals surface area (Å²) in [4.78, 5) is 20.9. The van der Waals surface area contributed by atoms with Crippen molar-refractivity contribution in [1.29, 1.82) is 0 Å². The lowest BCUT2D eigenvalue weighted by Gasteiger charge is -2.32. The fourth-order valence-corrected chi connectivity index (χ4v) is 4.75. The van der Waals surface area contributed by atoms with E-state index in [4.69, 9.17) is 14.8 Å². The molecule has 1 aliphatic heterocycles. The predicted molar refractivity (Wildman–Crippen MR) is 146 cm³/mol. The number of carbonyl (C=O) groups is 1. The number of hydrogen-bond donors (Lipinski definition) is 1. The zero-order chi connectivity index (χ0) is 26.0. The maximum absolute atomic E-state index is 13.6. The molecule has 1 aliphatic rings. The number of rotatable bonds is 6. The Hall–Kier alpha value is -3.71. The number of nitrogens with zero attached hydrogens (tertiary/aromatic N) is 4. The number of piperidine rings is 1. The first-order valence-corrected chi connectivity index (χ1v) is 12.9. The smallest absolute Gasteiger partial charge is 0.270 e. The molecule has 5 rings (SSSR count). The highest BCUT2D eigenvalue weighted by molar-refractivity contribution is 5.94. The molecule has 1 N–H and O–H groups in total. The maximum atomic E-state index is 13.6. The van der Waals surface area contributed by atoms with Crippen LogP contribution < -0.4 is 10.1 Å². The van der Waals surface area contributed by atoms with E-state index in [9.17, 15) is 4.79 Å². The van der Waals surface area contributed by atoms with Crippen molar-refractivity contribution in [3.63, 3.8) is 0 Å². The molecule has 0 radical (unpaired) electrons. The van der Waals surface area contributed by atoms with Gasteiger partial charge in [-0.2, -0.15) is 5.10 Å². The van der Waals surface area contributed by atoms with E-state index in [0.29, 0.717) is 11.3 Å². The SMILES string of the molecule is COc1ccc(-c2cc(C(=O)NC3CCN(Cc4ccccc4)CC3)n3nc(C(C)(C)C)cc3n2)cc1. The minimum atomic E-state index is -0.159. The third kappa shape index (κ3) is 5.67. The first-order valence-electron chi connectivity index (χ1n) is 12.9. The lowest BCUT2D eigenvalue weighted by atomic mass is 9.93. The van der Waals surface area contributed by atoms with Crippen LogP contribution in [0.2, 0.25) is 0 Å². The number of benzene rings is 2. The molecule has 4 aromatic rings. The number of hydrogen-bond acceptors (Lipinski definition) is 5. The highest BCUT2D eigenvalue weighted by Crippen LogP contribution is 2.26. The van der Waals surface area contributed by atoms with Crippen LogP contribution in [-0.4, -0.2) is 51.6 Å². The number of carbonyl (C=O) groups excluding carboxylic acids is 1. The Morgan fingerprint density at radius 3 is 2.38 bits per heavy atom. The molecule has 1 fully saturated rings. The van der Waals surface area contributed by atoms with Crippen LogP contribution in [0.1, 0.15) is 55.4 Å². The third-order valence-corrected chi connectivity index (χ3v) is 6.99. The Morgan fingerprint density at radius 1 is 1.03 bits per heavy atom. The molecule has 0 spiro atoms. The molecule has 0 aliphatic carbocycles. The number of aromatic nitrogens is 3. The van der Waals surface area contributed by atoms with Crippen LogP contribution in [0.5, 0.6) is 5.75 Å². The van der Waals surface area contributed by atoms with Crippen LogP contribution in [0.3, 0.4) is 0 Å². The summed E-state index contributed by atoms with van der Waals surface area (Å²) in [5, 5.41) is 8.07. The summed E-state index contributed by atoms with van der Waals surface area (Å²) in [6.45, 7) is 9.20. The second kappa shape index (κ2) is 10.3. The molecule has 192 valence electrons. The summed E-state index contributed by atoms with van der Waals surface area (Å²) < 4.78 is 6.99. The minimum Gasteiger partial charge on any atom is -0.497 e. The Labute approximate surface area is 218 Å². The van der Waals surface area contributed by atoms with Crippen LogP contribution in [0.4, 0.5) is 0 Å². The zero-order valence-corrected chi connectivity index (χ0v) is 22.1. The van der Waals surface area contributed by atoms with E-state index < -0.39 is 0 Å². The maximum Gasteiger partial charge on any atom is 0.270 e. The molecule has 3 heterocycles. The molecule has 0 saturated carbocycles. The fraction of sp³-hybridized carbons (Fsp3) is 0.367. The molecule has 2 aromatic heterocycles. The van der Waals surface area contributed by atoms with Crippen LogP contribution in [0.15, 0.2) is 66.7 Å². The second-order valence-electron chi connectivity index (χ2n) is 10.8. The Bertz CT molecular complexity index is 1370. The van der Waals surface area contributed by atoms with Crippen LogP contribution in [0.25, 0.3) is 16.9 Å². The number of nitrogens with one attached hydrogen (secondary N) is 1. The van der Waals surface area contributed by atoms with Gasteiger partial charge >= 0.3 is 0 Å². The predicted octanol–water partition coefficient (Wildman–Crippen LogP) is 5.10. The topological polar surface area (TPSA) is 71.8 Å². The van der Waals surface area contributed by atoms with Gasteiger partial charge in [0.2, 0.25) is 0 Å². The average Bonchev–Trinajstić information content (AvgIpc) is 3.35. The van der Waals surface area contributed by atoms with Crippen molar-refractivity contribution in [3.8, 4) is 17.0 Å². The van der Waals surface area contributed by atoms with Gasteiger partial charge in [-0.25, -0.2) is 9.50 Å². The minimum absolute atomic E-state index is 0.118. The Morgan fingerprint density at radius 2 is 1.73 bits per heavy atom. The highest BCUT2D eigenvalue weighted by Gasteiger charge is 2.25. The number of methoxy groups -OCH3 is 1. The number of amides is 1. The van der Waals surface area contributed by atoms with Gasteiger partial charge in [0.15, 0.2) is 5.65 Å². The lowest BCUT2D eigenvalue weighted by Crippen LogP contribution is -2.44. The van der Waals surface area contributed by atoms with Crippen LogP contribution in [-0.2, 0) is 12.0 Å². The Kier molecular flexibility index (Phi) is 6.98. The molecule has 0 unspecified atom stereocenters. The molecule has 37 heavy (non-hydrogen) atoms. The van der Waals surface area contributed by atoms with E-state index in [1.54, 1.807) is 11.6 Å². The Balaban J connectivity index is 1.37.